The van der Waals surface area contributed by atoms with E-state index in [2.05, 4.69) is 15.2 Å². The number of aromatic amines is 1. The Bertz CT molecular complexity index is 679. The average Bonchev–Trinajstić information content (AvgIpc) is 3.10. The van der Waals surface area contributed by atoms with Crippen LogP contribution in [-0.2, 0) is 0 Å². The molecule has 0 bridgehead atoms. The molecule has 2 aliphatic carbocycles. The number of halogens is 1. The fourth-order valence-corrected chi connectivity index (χ4v) is 4.59. The van der Waals surface area contributed by atoms with Gasteiger partial charge in [0.25, 0.3) is 11.5 Å². The highest BCUT2D eigenvalue weighted by Crippen LogP contribution is 2.43. The highest BCUT2D eigenvalue weighted by Gasteiger charge is 2.44. The minimum absolute atomic E-state index is 0.0559. The van der Waals surface area contributed by atoms with Crippen molar-refractivity contribution in [3.8, 4) is 0 Å². The van der Waals surface area contributed by atoms with Crippen LogP contribution >= 0.6 is 11.6 Å². The number of nitrogens with one attached hydrogen (secondary N) is 2. The topological polar surface area (TPSA) is 65.2 Å². The number of hydrogen-bond donors (Lipinski definition) is 2. The first-order chi connectivity index (χ1) is 11.6. The molecule has 1 aromatic rings. The van der Waals surface area contributed by atoms with E-state index in [4.69, 9.17) is 11.6 Å². The third-order valence-corrected chi connectivity index (χ3v) is 6.18. The van der Waals surface area contributed by atoms with Gasteiger partial charge < -0.3 is 10.3 Å². The minimum Gasteiger partial charge on any atom is -0.348 e. The van der Waals surface area contributed by atoms with Gasteiger partial charge in [0, 0.05) is 31.4 Å². The van der Waals surface area contributed by atoms with Crippen molar-refractivity contribution >= 4 is 17.5 Å². The number of carbonyl (C=O) groups is 1. The van der Waals surface area contributed by atoms with E-state index in [1.807, 2.05) is 0 Å². The molecule has 2 N–H and O–H groups in total. The Balaban J connectivity index is 1.46. The quantitative estimate of drug-likeness (QED) is 0.877. The van der Waals surface area contributed by atoms with Crippen LogP contribution in [-0.4, -0.2) is 41.0 Å². The van der Waals surface area contributed by atoms with Crippen LogP contribution in [0.2, 0.25) is 5.02 Å². The Hall–Kier alpha value is -1.33. The zero-order valence-corrected chi connectivity index (χ0v) is 14.5. The molecule has 4 rings (SSSR count). The van der Waals surface area contributed by atoms with Gasteiger partial charge in [-0.05, 0) is 43.6 Å². The second-order valence-corrected chi connectivity index (χ2v) is 7.95. The van der Waals surface area contributed by atoms with Gasteiger partial charge in [-0.2, -0.15) is 0 Å². The van der Waals surface area contributed by atoms with Crippen molar-refractivity contribution in [3.05, 3.63) is 33.2 Å². The van der Waals surface area contributed by atoms with E-state index < -0.39 is 0 Å². The molecular formula is C18H24ClN3O2. The summed E-state index contributed by atoms with van der Waals surface area (Å²) in [5.74, 6) is 1.19. The molecule has 2 saturated carbocycles. The van der Waals surface area contributed by atoms with Gasteiger partial charge in [-0.15, -0.1) is 0 Å². The molecule has 1 saturated heterocycles. The number of rotatable bonds is 4. The summed E-state index contributed by atoms with van der Waals surface area (Å²) in [5, 5.41) is 3.26. The number of amides is 1. The molecule has 6 heteroatoms. The number of nitrogens with zero attached hydrogens (tertiary/aromatic N) is 1. The predicted molar refractivity (Wildman–Crippen MR) is 93.4 cm³/mol. The van der Waals surface area contributed by atoms with E-state index in [0.717, 1.165) is 19.0 Å². The Labute approximate surface area is 146 Å². The second kappa shape index (κ2) is 6.52. The summed E-state index contributed by atoms with van der Waals surface area (Å²) in [6.45, 7) is 2.07. The lowest BCUT2D eigenvalue weighted by atomic mass is 9.98. The first-order valence-electron chi connectivity index (χ1n) is 9.05. The molecule has 24 heavy (non-hydrogen) atoms. The lowest BCUT2D eigenvalue weighted by molar-refractivity contribution is 0.0927. The molecule has 130 valence electrons. The van der Waals surface area contributed by atoms with Crippen LogP contribution in [0.1, 0.15) is 48.9 Å². The Morgan fingerprint density at radius 1 is 1.21 bits per heavy atom. The average molecular weight is 350 g/mol. The molecule has 0 spiro atoms. The van der Waals surface area contributed by atoms with Crippen molar-refractivity contribution in [1.29, 1.82) is 0 Å². The molecule has 0 radical (unpaired) electrons. The molecule has 0 aromatic carbocycles. The second-order valence-electron chi connectivity index (χ2n) is 7.54. The summed E-state index contributed by atoms with van der Waals surface area (Å²) < 4.78 is 0. The van der Waals surface area contributed by atoms with Crippen LogP contribution in [0.5, 0.6) is 0 Å². The molecule has 0 unspecified atom stereocenters. The maximum Gasteiger partial charge on any atom is 0.266 e. The number of H-pyrrole nitrogens is 1. The van der Waals surface area contributed by atoms with Gasteiger partial charge in [0.05, 0.1) is 5.56 Å². The van der Waals surface area contributed by atoms with Crippen LogP contribution in [0.15, 0.2) is 17.1 Å². The van der Waals surface area contributed by atoms with Crippen molar-refractivity contribution < 1.29 is 4.79 Å². The van der Waals surface area contributed by atoms with Crippen LogP contribution in [0.25, 0.3) is 0 Å². The lowest BCUT2D eigenvalue weighted by Crippen LogP contribution is -2.42. The standard InChI is InChI=1S/C18H24ClN3O2/c19-15-7-12(8-20-18(15)24)17(23)21-16-10-22(13-3-1-2-4-13)9-14(16)11-5-6-11/h7-8,11,13-14,16H,1-6,9-10H2,(H,20,24)(H,21,23)/t14-,16+/m1/s1. The van der Waals surface area contributed by atoms with Crippen molar-refractivity contribution in [2.45, 2.75) is 50.6 Å². The summed E-state index contributed by atoms with van der Waals surface area (Å²) in [6.07, 6.45) is 9.30. The predicted octanol–water partition coefficient (Wildman–Crippen LogP) is 2.41. The zero-order valence-electron chi connectivity index (χ0n) is 13.8. The van der Waals surface area contributed by atoms with Crippen molar-refractivity contribution in [3.63, 3.8) is 0 Å². The molecule has 3 fully saturated rings. The first kappa shape index (κ1) is 16.2. The summed E-state index contributed by atoms with van der Waals surface area (Å²) >= 11 is 5.84. The third kappa shape index (κ3) is 3.24. The largest absolute Gasteiger partial charge is 0.348 e. The number of carbonyl (C=O) groups excluding carboxylic acids is 1. The van der Waals surface area contributed by atoms with Crippen molar-refractivity contribution in [2.75, 3.05) is 13.1 Å². The fraction of sp³-hybridized carbons (Fsp3) is 0.667. The van der Waals surface area contributed by atoms with E-state index in [0.29, 0.717) is 17.5 Å². The summed E-state index contributed by atoms with van der Waals surface area (Å²) in [6, 6.07) is 2.36. The van der Waals surface area contributed by atoms with Gasteiger partial charge in [0.2, 0.25) is 0 Å². The smallest absolute Gasteiger partial charge is 0.266 e. The highest BCUT2D eigenvalue weighted by atomic mass is 35.5. The maximum atomic E-state index is 12.6. The Morgan fingerprint density at radius 3 is 2.62 bits per heavy atom. The van der Waals surface area contributed by atoms with E-state index in [-0.39, 0.29) is 22.5 Å². The molecule has 5 nitrogen and oxygen atoms in total. The highest BCUT2D eigenvalue weighted by molar-refractivity contribution is 6.30. The molecular weight excluding hydrogens is 326 g/mol. The number of aromatic nitrogens is 1. The summed E-state index contributed by atoms with van der Waals surface area (Å²) in [4.78, 5) is 29.0. The van der Waals surface area contributed by atoms with E-state index in [1.54, 1.807) is 0 Å². The Morgan fingerprint density at radius 2 is 1.96 bits per heavy atom. The minimum atomic E-state index is -0.364. The molecule has 1 aliphatic heterocycles. The molecule has 1 aromatic heterocycles. The molecule has 3 aliphatic rings. The van der Waals surface area contributed by atoms with E-state index in [1.165, 1.54) is 50.8 Å². The van der Waals surface area contributed by atoms with Crippen molar-refractivity contribution in [2.24, 2.45) is 11.8 Å². The molecule has 2 atom stereocenters. The SMILES string of the molecule is O=C(N[C@H]1CN(C2CCCC2)C[C@@H]1C1CC1)c1c[nH]c(=O)c(Cl)c1. The molecule has 2 heterocycles. The van der Waals surface area contributed by atoms with Crippen LogP contribution in [0.4, 0.5) is 0 Å². The van der Waals surface area contributed by atoms with Gasteiger partial charge in [-0.25, -0.2) is 0 Å². The van der Waals surface area contributed by atoms with E-state index >= 15 is 0 Å². The summed E-state index contributed by atoms with van der Waals surface area (Å²) in [7, 11) is 0. The zero-order chi connectivity index (χ0) is 16.7. The number of hydrogen-bond acceptors (Lipinski definition) is 3. The third-order valence-electron chi connectivity index (χ3n) is 5.90. The van der Waals surface area contributed by atoms with Crippen LogP contribution in [0, 0.1) is 11.8 Å². The molecule has 1 amide bonds. The van der Waals surface area contributed by atoms with Crippen LogP contribution in [0.3, 0.4) is 0 Å². The number of pyridine rings is 1. The Kier molecular flexibility index (Phi) is 4.39. The lowest BCUT2D eigenvalue weighted by Gasteiger charge is -2.23. The number of likely N-dealkylation sites (tertiary alicyclic amines) is 1. The van der Waals surface area contributed by atoms with Gasteiger partial charge in [0.15, 0.2) is 0 Å². The fourth-order valence-electron chi connectivity index (χ4n) is 4.42. The summed E-state index contributed by atoms with van der Waals surface area (Å²) in [5.41, 5.74) is 0.0609. The first-order valence-corrected chi connectivity index (χ1v) is 9.43. The monoisotopic (exact) mass is 349 g/mol. The van der Waals surface area contributed by atoms with Crippen molar-refractivity contribution in [1.82, 2.24) is 15.2 Å². The van der Waals surface area contributed by atoms with Gasteiger partial charge in [0.1, 0.15) is 5.02 Å². The van der Waals surface area contributed by atoms with Crippen LogP contribution < -0.4 is 10.9 Å². The van der Waals surface area contributed by atoms with E-state index in [9.17, 15) is 9.59 Å². The maximum absolute atomic E-state index is 12.6. The normalized spacial score (nSPS) is 28.4. The van der Waals surface area contributed by atoms with Gasteiger partial charge in [-0.3, -0.25) is 14.5 Å². The van der Waals surface area contributed by atoms with Gasteiger partial charge in [-0.1, -0.05) is 24.4 Å². The van der Waals surface area contributed by atoms with Gasteiger partial charge >= 0.3 is 0 Å².